The highest BCUT2D eigenvalue weighted by Crippen LogP contribution is 2.37. The lowest BCUT2D eigenvalue weighted by Gasteiger charge is -2.34. The van der Waals surface area contributed by atoms with Crippen LogP contribution in [0.25, 0.3) is 0 Å². The minimum absolute atomic E-state index is 0.0140. The molecule has 1 atom stereocenters. The number of hydrogen-bond donors (Lipinski definition) is 0. The summed E-state index contributed by atoms with van der Waals surface area (Å²) >= 11 is 0. The third-order valence-electron chi connectivity index (χ3n) is 4.68. The van der Waals surface area contributed by atoms with Crippen LogP contribution in [0.5, 0.6) is 0 Å². The first-order valence-corrected chi connectivity index (χ1v) is 8.61. The van der Waals surface area contributed by atoms with Crippen LogP contribution in [-0.4, -0.2) is 37.1 Å². The summed E-state index contributed by atoms with van der Waals surface area (Å²) in [6, 6.07) is 1.96. The summed E-state index contributed by atoms with van der Waals surface area (Å²) < 4.78 is 1.83. The Balaban J connectivity index is 1.92. The summed E-state index contributed by atoms with van der Waals surface area (Å²) in [7, 11) is 0. The lowest BCUT2D eigenvalue weighted by atomic mass is 9.96. The molecule has 0 N–H and O–H groups in total. The molecule has 3 heterocycles. The average molecular weight is 327 g/mol. The second-order valence-electron chi connectivity index (χ2n) is 6.80. The van der Waals surface area contributed by atoms with Crippen LogP contribution in [-0.2, 0) is 12.1 Å². The van der Waals surface area contributed by atoms with Crippen molar-refractivity contribution in [3.63, 3.8) is 0 Å². The number of aryl methyl sites for hydroxylation is 3. The van der Waals surface area contributed by atoms with Crippen LogP contribution in [0.2, 0.25) is 0 Å². The Bertz CT molecular complexity index is 733. The van der Waals surface area contributed by atoms with Gasteiger partial charge in [-0.15, -0.1) is 0 Å². The number of carbonyl (C=O) groups is 1. The van der Waals surface area contributed by atoms with E-state index in [0.29, 0.717) is 5.56 Å². The monoisotopic (exact) mass is 327 g/mol. The molecule has 1 fully saturated rings. The predicted octanol–water partition coefficient (Wildman–Crippen LogP) is 2.85. The Morgan fingerprint density at radius 3 is 2.67 bits per heavy atom. The second-order valence-corrected chi connectivity index (χ2v) is 6.80. The Kier molecular flexibility index (Phi) is 4.39. The molecule has 24 heavy (non-hydrogen) atoms. The molecule has 2 aromatic heterocycles. The molecule has 0 aliphatic carbocycles. The number of amides is 1. The average Bonchev–Trinajstić information content (AvgIpc) is 3.14. The molecular formula is C18H25N5O. The molecule has 2 aromatic rings. The minimum atomic E-state index is -0.458. The number of carbonyl (C=O) groups excluding carboxylic acids is 1. The van der Waals surface area contributed by atoms with Gasteiger partial charge in [-0.3, -0.25) is 9.48 Å². The first kappa shape index (κ1) is 16.6. The molecule has 3 rings (SSSR count). The third-order valence-corrected chi connectivity index (χ3v) is 4.68. The number of aromatic nitrogens is 4. The zero-order valence-electron chi connectivity index (χ0n) is 14.9. The van der Waals surface area contributed by atoms with Gasteiger partial charge in [-0.05, 0) is 46.1 Å². The van der Waals surface area contributed by atoms with Gasteiger partial charge in [0.25, 0.3) is 5.91 Å². The zero-order valence-corrected chi connectivity index (χ0v) is 14.9. The van der Waals surface area contributed by atoms with Crippen molar-refractivity contribution in [2.75, 3.05) is 6.54 Å². The minimum Gasteiger partial charge on any atom is -0.326 e. The van der Waals surface area contributed by atoms with Crippen molar-refractivity contribution in [3.8, 4) is 0 Å². The number of likely N-dealkylation sites (tertiary alicyclic amines) is 1. The van der Waals surface area contributed by atoms with Crippen LogP contribution in [0.3, 0.4) is 0 Å². The van der Waals surface area contributed by atoms with Gasteiger partial charge in [0.15, 0.2) is 5.82 Å². The van der Waals surface area contributed by atoms with Crippen molar-refractivity contribution in [1.82, 2.24) is 24.6 Å². The van der Waals surface area contributed by atoms with E-state index in [1.165, 1.54) is 0 Å². The van der Waals surface area contributed by atoms with Gasteiger partial charge in [0.05, 0.1) is 11.8 Å². The lowest BCUT2D eigenvalue weighted by molar-refractivity contribution is 0.0603. The maximum atomic E-state index is 13.0. The summed E-state index contributed by atoms with van der Waals surface area (Å²) in [6.45, 7) is 9.66. The molecule has 0 radical (unpaired) electrons. The van der Waals surface area contributed by atoms with E-state index >= 15 is 0 Å². The summed E-state index contributed by atoms with van der Waals surface area (Å²) in [6.07, 6.45) is 6.34. The van der Waals surface area contributed by atoms with E-state index in [0.717, 1.165) is 49.6 Å². The molecule has 0 spiro atoms. The Morgan fingerprint density at radius 2 is 2.00 bits per heavy atom. The molecule has 128 valence electrons. The van der Waals surface area contributed by atoms with Crippen LogP contribution >= 0.6 is 0 Å². The van der Waals surface area contributed by atoms with E-state index in [9.17, 15) is 4.79 Å². The van der Waals surface area contributed by atoms with Crippen molar-refractivity contribution in [2.45, 2.75) is 59.0 Å². The molecule has 0 saturated carbocycles. The van der Waals surface area contributed by atoms with Gasteiger partial charge in [0.1, 0.15) is 5.54 Å². The second kappa shape index (κ2) is 6.34. The summed E-state index contributed by atoms with van der Waals surface area (Å²) in [5, 5.41) is 4.29. The SMILES string of the molecule is CCCn1cc(C(=O)N2CCC[C@]2(C)c2nc(C)cc(C)n2)cn1. The van der Waals surface area contributed by atoms with E-state index in [2.05, 4.69) is 28.9 Å². The highest BCUT2D eigenvalue weighted by Gasteiger charge is 2.44. The highest BCUT2D eigenvalue weighted by molar-refractivity contribution is 5.94. The third kappa shape index (κ3) is 2.92. The van der Waals surface area contributed by atoms with Crippen LogP contribution in [0.4, 0.5) is 0 Å². The molecule has 6 heteroatoms. The van der Waals surface area contributed by atoms with Gasteiger partial charge in [-0.2, -0.15) is 5.10 Å². The maximum absolute atomic E-state index is 13.0. The molecule has 0 aromatic carbocycles. The summed E-state index contributed by atoms with van der Waals surface area (Å²) in [5.74, 6) is 0.756. The molecule has 1 amide bonds. The highest BCUT2D eigenvalue weighted by atomic mass is 16.2. The van der Waals surface area contributed by atoms with Gasteiger partial charge < -0.3 is 4.90 Å². The first-order valence-electron chi connectivity index (χ1n) is 8.61. The van der Waals surface area contributed by atoms with E-state index in [1.807, 2.05) is 35.7 Å². The van der Waals surface area contributed by atoms with E-state index < -0.39 is 5.54 Å². The van der Waals surface area contributed by atoms with Crippen LogP contribution in [0, 0.1) is 13.8 Å². The standard InChI is InChI=1S/C18H25N5O/c1-5-8-22-12-15(11-19-22)16(24)23-9-6-7-18(23,4)17-20-13(2)10-14(3)21-17/h10-12H,5-9H2,1-4H3/t18-/m1/s1. The van der Waals surface area contributed by atoms with Crippen molar-refractivity contribution in [3.05, 3.63) is 41.2 Å². The van der Waals surface area contributed by atoms with Crippen molar-refractivity contribution >= 4 is 5.91 Å². The quantitative estimate of drug-likeness (QED) is 0.866. The summed E-state index contributed by atoms with van der Waals surface area (Å²) in [5.41, 5.74) is 2.06. The topological polar surface area (TPSA) is 63.9 Å². The lowest BCUT2D eigenvalue weighted by Crippen LogP contribution is -2.44. The number of rotatable bonds is 4. The number of nitrogens with zero attached hydrogens (tertiary/aromatic N) is 5. The van der Waals surface area contributed by atoms with Crippen molar-refractivity contribution in [1.29, 1.82) is 0 Å². The Morgan fingerprint density at radius 1 is 1.29 bits per heavy atom. The molecular weight excluding hydrogens is 302 g/mol. The van der Waals surface area contributed by atoms with Crippen molar-refractivity contribution < 1.29 is 4.79 Å². The maximum Gasteiger partial charge on any atom is 0.257 e. The van der Waals surface area contributed by atoms with Crippen molar-refractivity contribution in [2.24, 2.45) is 0 Å². The Labute approximate surface area is 142 Å². The van der Waals surface area contributed by atoms with Gasteiger partial charge in [0.2, 0.25) is 0 Å². The van der Waals surface area contributed by atoms with Gasteiger partial charge in [-0.1, -0.05) is 6.92 Å². The fraction of sp³-hybridized carbons (Fsp3) is 0.556. The van der Waals surface area contributed by atoms with Gasteiger partial charge >= 0.3 is 0 Å². The molecule has 0 bridgehead atoms. The molecule has 0 unspecified atom stereocenters. The normalized spacial score (nSPS) is 20.6. The van der Waals surface area contributed by atoms with E-state index in [1.54, 1.807) is 6.20 Å². The fourth-order valence-corrected chi connectivity index (χ4v) is 3.47. The van der Waals surface area contributed by atoms with E-state index in [-0.39, 0.29) is 5.91 Å². The van der Waals surface area contributed by atoms with Gasteiger partial charge in [-0.25, -0.2) is 9.97 Å². The predicted molar refractivity (Wildman–Crippen MR) is 91.6 cm³/mol. The van der Waals surface area contributed by atoms with Crippen LogP contribution < -0.4 is 0 Å². The van der Waals surface area contributed by atoms with Gasteiger partial charge in [0, 0.05) is 30.7 Å². The Hall–Kier alpha value is -2.24. The molecule has 1 aliphatic rings. The molecule has 1 saturated heterocycles. The zero-order chi connectivity index (χ0) is 17.3. The molecule has 6 nitrogen and oxygen atoms in total. The first-order chi connectivity index (χ1) is 11.4. The van der Waals surface area contributed by atoms with Crippen LogP contribution in [0.15, 0.2) is 18.5 Å². The number of hydrogen-bond acceptors (Lipinski definition) is 4. The summed E-state index contributed by atoms with van der Waals surface area (Å²) in [4.78, 5) is 24.2. The molecule has 1 aliphatic heterocycles. The van der Waals surface area contributed by atoms with E-state index in [4.69, 9.17) is 0 Å². The fourth-order valence-electron chi connectivity index (χ4n) is 3.47. The van der Waals surface area contributed by atoms with Crippen LogP contribution in [0.1, 0.15) is 60.7 Å². The smallest absolute Gasteiger partial charge is 0.257 e. The largest absolute Gasteiger partial charge is 0.326 e.